The molecule has 2 aromatic heterocycles. The Hall–Kier alpha value is -2.61. The van der Waals surface area contributed by atoms with Crippen molar-refractivity contribution in [1.29, 1.82) is 5.26 Å². The number of aromatic nitrogens is 4. The molecule has 5 nitrogen and oxygen atoms in total. The maximum atomic E-state index is 8.96. The number of hydrogen-bond donors (Lipinski definition) is 0. The summed E-state index contributed by atoms with van der Waals surface area (Å²) in [7, 11) is 1.96. The SMILES string of the molecule is CC(c1nc2ccc(C#N)cc2n1C)n1cccn1. The first-order chi connectivity index (χ1) is 9.20. The van der Waals surface area contributed by atoms with Gasteiger partial charge in [0.2, 0.25) is 0 Å². The predicted octanol–water partition coefficient (Wildman–Crippen LogP) is 2.25. The van der Waals surface area contributed by atoms with Crippen LogP contribution in [0.2, 0.25) is 0 Å². The second-order valence-corrected chi connectivity index (χ2v) is 4.51. The molecule has 0 spiro atoms. The molecule has 0 bridgehead atoms. The molecule has 0 aliphatic rings. The fourth-order valence-corrected chi connectivity index (χ4v) is 2.28. The number of aryl methyl sites for hydroxylation is 1. The van der Waals surface area contributed by atoms with Crippen molar-refractivity contribution in [3.63, 3.8) is 0 Å². The van der Waals surface area contributed by atoms with E-state index in [1.54, 1.807) is 12.3 Å². The highest BCUT2D eigenvalue weighted by atomic mass is 15.3. The lowest BCUT2D eigenvalue weighted by Gasteiger charge is -2.11. The van der Waals surface area contributed by atoms with Crippen LogP contribution in [0.4, 0.5) is 0 Å². The number of benzene rings is 1. The van der Waals surface area contributed by atoms with Crippen LogP contribution in [-0.2, 0) is 7.05 Å². The zero-order valence-corrected chi connectivity index (χ0v) is 10.8. The van der Waals surface area contributed by atoms with E-state index in [2.05, 4.69) is 23.1 Å². The van der Waals surface area contributed by atoms with Gasteiger partial charge in [0.15, 0.2) is 0 Å². The summed E-state index contributed by atoms with van der Waals surface area (Å²) in [5, 5.41) is 13.2. The zero-order valence-electron chi connectivity index (χ0n) is 10.8. The normalized spacial score (nSPS) is 12.5. The fourth-order valence-electron chi connectivity index (χ4n) is 2.28. The molecule has 0 radical (unpaired) electrons. The van der Waals surface area contributed by atoms with Gasteiger partial charge in [-0.25, -0.2) is 4.98 Å². The van der Waals surface area contributed by atoms with Gasteiger partial charge in [-0.3, -0.25) is 4.68 Å². The third kappa shape index (κ3) is 1.78. The molecule has 3 rings (SSSR count). The molecule has 1 atom stereocenters. The van der Waals surface area contributed by atoms with Crippen molar-refractivity contribution in [2.24, 2.45) is 7.05 Å². The van der Waals surface area contributed by atoms with Gasteiger partial charge in [0, 0.05) is 19.4 Å². The molecule has 0 saturated carbocycles. The standard InChI is InChI=1S/C14H13N5/c1-10(19-7-3-6-16-19)14-17-12-5-4-11(9-15)8-13(12)18(14)2/h3-8,10H,1-2H3. The maximum absolute atomic E-state index is 8.96. The molecular weight excluding hydrogens is 238 g/mol. The summed E-state index contributed by atoms with van der Waals surface area (Å²) >= 11 is 0. The van der Waals surface area contributed by atoms with E-state index in [4.69, 9.17) is 5.26 Å². The molecule has 3 aromatic rings. The first-order valence-electron chi connectivity index (χ1n) is 6.06. The highest BCUT2D eigenvalue weighted by Crippen LogP contribution is 2.22. The van der Waals surface area contributed by atoms with Gasteiger partial charge in [0.25, 0.3) is 0 Å². The minimum absolute atomic E-state index is 0.0536. The van der Waals surface area contributed by atoms with E-state index in [-0.39, 0.29) is 6.04 Å². The molecule has 0 aliphatic heterocycles. The molecule has 0 aliphatic carbocycles. The highest BCUT2D eigenvalue weighted by molar-refractivity contribution is 5.77. The molecule has 0 saturated heterocycles. The summed E-state index contributed by atoms with van der Waals surface area (Å²) in [6.07, 6.45) is 3.68. The van der Waals surface area contributed by atoms with Crippen LogP contribution in [0.5, 0.6) is 0 Å². The Kier molecular flexibility index (Phi) is 2.57. The molecule has 1 unspecified atom stereocenters. The third-order valence-electron chi connectivity index (χ3n) is 3.34. The maximum Gasteiger partial charge on any atom is 0.134 e. The third-order valence-corrected chi connectivity index (χ3v) is 3.34. The van der Waals surface area contributed by atoms with E-state index in [9.17, 15) is 0 Å². The van der Waals surface area contributed by atoms with Crippen molar-refractivity contribution in [2.45, 2.75) is 13.0 Å². The van der Waals surface area contributed by atoms with Gasteiger partial charge in [0.05, 0.1) is 22.7 Å². The summed E-state index contributed by atoms with van der Waals surface area (Å²) in [6.45, 7) is 2.05. The van der Waals surface area contributed by atoms with Gasteiger partial charge in [-0.2, -0.15) is 10.4 Å². The monoisotopic (exact) mass is 251 g/mol. The van der Waals surface area contributed by atoms with E-state index in [1.807, 2.05) is 40.7 Å². The van der Waals surface area contributed by atoms with Gasteiger partial charge in [0.1, 0.15) is 11.9 Å². The van der Waals surface area contributed by atoms with E-state index in [0.29, 0.717) is 5.56 Å². The van der Waals surface area contributed by atoms with Crippen molar-refractivity contribution < 1.29 is 0 Å². The molecule has 0 amide bonds. The Labute approximate surface area is 110 Å². The van der Waals surface area contributed by atoms with Crippen LogP contribution in [0.15, 0.2) is 36.7 Å². The number of imidazole rings is 1. The van der Waals surface area contributed by atoms with Crippen LogP contribution in [0.3, 0.4) is 0 Å². The lowest BCUT2D eigenvalue weighted by Crippen LogP contribution is -2.12. The molecule has 2 heterocycles. The lowest BCUT2D eigenvalue weighted by molar-refractivity contribution is 0.523. The van der Waals surface area contributed by atoms with Crippen LogP contribution in [0.25, 0.3) is 11.0 Å². The van der Waals surface area contributed by atoms with Gasteiger partial charge in [-0.05, 0) is 31.2 Å². The number of hydrogen-bond acceptors (Lipinski definition) is 3. The predicted molar refractivity (Wildman–Crippen MR) is 71.5 cm³/mol. The molecular formula is C14H13N5. The van der Waals surface area contributed by atoms with Crippen LogP contribution >= 0.6 is 0 Å². The van der Waals surface area contributed by atoms with Gasteiger partial charge in [-0.15, -0.1) is 0 Å². The number of nitrogens with zero attached hydrogens (tertiary/aromatic N) is 5. The largest absolute Gasteiger partial charge is 0.329 e. The van der Waals surface area contributed by atoms with Crippen LogP contribution in [0.1, 0.15) is 24.4 Å². The van der Waals surface area contributed by atoms with Crippen LogP contribution in [0, 0.1) is 11.3 Å². The number of nitriles is 1. The Morgan fingerprint density at radius 1 is 1.37 bits per heavy atom. The Balaban J connectivity index is 2.15. The van der Waals surface area contributed by atoms with Crippen molar-refractivity contribution in [3.05, 3.63) is 48.0 Å². The topological polar surface area (TPSA) is 59.4 Å². The average Bonchev–Trinajstić information content (AvgIpc) is 3.06. The summed E-state index contributed by atoms with van der Waals surface area (Å²) in [6, 6.07) is 9.64. The zero-order chi connectivity index (χ0) is 13.4. The van der Waals surface area contributed by atoms with Crippen molar-refractivity contribution in [1.82, 2.24) is 19.3 Å². The second-order valence-electron chi connectivity index (χ2n) is 4.51. The van der Waals surface area contributed by atoms with Crippen molar-refractivity contribution in [2.75, 3.05) is 0 Å². The molecule has 94 valence electrons. The Morgan fingerprint density at radius 2 is 2.21 bits per heavy atom. The summed E-state index contributed by atoms with van der Waals surface area (Å²) in [4.78, 5) is 4.64. The fraction of sp³-hybridized carbons (Fsp3) is 0.214. The highest BCUT2D eigenvalue weighted by Gasteiger charge is 2.16. The summed E-state index contributed by atoms with van der Waals surface area (Å²) in [5.74, 6) is 0.925. The van der Waals surface area contributed by atoms with E-state index in [0.717, 1.165) is 16.9 Å². The van der Waals surface area contributed by atoms with E-state index in [1.165, 1.54) is 0 Å². The average molecular weight is 251 g/mol. The number of rotatable bonds is 2. The molecule has 5 heteroatoms. The van der Waals surface area contributed by atoms with Gasteiger partial charge in [-0.1, -0.05) is 0 Å². The Bertz CT molecular complexity index is 761. The molecule has 0 fully saturated rings. The van der Waals surface area contributed by atoms with Crippen LogP contribution < -0.4 is 0 Å². The number of fused-ring (bicyclic) bond motifs is 1. The van der Waals surface area contributed by atoms with Gasteiger partial charge >= 0.3 is 0 Å². The molecule has 19 heavy (non-hydrogen) atoms. The molecule has 0 N–H and O–H groups in total. The quantitative estimate of drug-likeness (QED) is 0.701. The molecule has 1 aromatic carbocycles. The van der Waals surface area contributed by atoms with Gasteiger partial charge < -0.3 is 4.57 Å². The summed E-state index contributed by atoms with van der Waals surface area (Å²) < 4.78 is 3.88. The minimum Gasteiger partial charge on any atom is -0.329 e. The van der Waals surface area contributed by atoms with E-state index < -0.39 is 0 Å². The van der Waals surface area contributed by atoms with Crippen LogP contribution in [-0.4, -0.2) is 19.3 Å². The smallest absolute Gasteiger partial charge is 0.134 e. The van der Waals surface area contributed by atoms with Crippen molar-refractivity contribution >= 4 is 11.0 Å². The minimum atomic E-state index is 0.0536. The Morgan fingerprint density at radius 3 is 2.89 bits per heavy atom. The second kappa shape index (κ2) is 4.25. The van der Waals surface area contributed by atoms with Crippen molar-refractivity contribution in [3.8, 4) is 6.07 Å². The lowest BCUT2D eigenvalue weighted by atomic mass is 10.2. The van der Waals surface area contributed by atoms with E-state index >= 15 is 0 Å². The first-order valence-corrected chi connectivity index (χ1v) is 6.06. The summed E-state index contributed by atoms with van der Waals surface area (Å²) in [5.41, 5.74) is 2.51. The first kappa shape index (κ1) is 11.5.